The first kappa shape index (κ1) is 12.7. The number of rotatable bonds is 3. The molecule has 0 N–H and O–H groups in total. The average molecular weight is 284 g/mol. The molecule has 1 heterocycles. The molecule has 6 nitrogen and oxygen atoms in total. The Morgan fingerprint density at radius 1 is 1.50 bits per heavy atom. The lowest BCUT2D eigenvalue weighted by atomic mass is 10.3. The normalized spacial score (nSPS) is 11.6. The van der Waals surface area contributed by atoms with Crippen molar-refractivity contribution in [2.24, 2.45) is 0 Å². The first-order valence-corrected chi connectivity index (χ1v) is 7.14. The third-order valence-corrected chi connectivity index (χ3v) is 4.61. The number of hydrogen-bond acceptors (Lipinski definition) is 6. The molecule has 0 aliphatic rings. The molecule has 2 rings (SSSR count). The molecule has 0 bridgehead atoms. The molecular formula is C10H8N2O4S2. The molecule has 18 heavy (non-hydrogen) atoms. The van der Waals surface area contributed by atoms with Gasteiger partial charge in [-0.3, -0.25) is 10.1 Å². The van der Waals surface area contributed by atoms with Gasteiger partial charge in [-0.2, -0.15) is 0 Å². The SMILES string of the molecule is C=CS(=O)(=O)c1cc2nc(C)sc2cc1[N+](=O)[O-]. The number of benzene rings is 1. The summed E-state index contributed by atoms with van der Waals surface area (Å²) in [6, 6.07) is 2.45. The van der Waals surface area contributed by atoms with Crippen LogP contribution >= 0.6 is 11.3 Å². The topological polar surface area (TPSA) is 90.2 Å². The Morgan fingerprint density at radius 3 is 2.72 bits per heavy atom. The first-order valence-electron chi connectivity index (χ1n) is 4.78. The van der Waals surface area contributed by atoms with Crippen LogP contribution in [0.4, 0.5) is 5.69 Å². The third-order valence-electron chi connectivity index (χ3n) is 2.30. The summed E-state index contributed by atoms with van der Waals surface area (Å²) in [5, 5.41) is 12.3. The number of nitro groups is 1. The molecule has 0 amide bonds. The molecule has 0 saturated carbocycles. The van der Waals surface area contributed by atoms with Crippen LogP contribution in [0.25, 0.3) is 10.2 Å². The lowest BCUT2D eigenvalue weighted by Crippen LogP contribution is -2.01. The van der Waals surface area contributed by atoms with Crippen LogP contribution in [0.1, 0.15) is 5.01 Å². The van der Waals surface area contributed by atoms with Crippen LogP contribution in [-0.4, -0.2) is 18.3 Å². The molecule has 94 valence electrons. The lowest BCUT2D eigenvalue weighted by Gasteiger charge is -2.00. The first-order chi connectivity index (χ1) is 8.35. The minimum Gasteiger partial charge on any atom is -0.258 e. The third kappa shape index (κ3) is 2.00. The van der Waals surface area contributed by atoms with Crippen LogP contribution in [0.15, 0.2) is 29.0 Å². The fourth-order valence-corrected chi connectivity index (χ4v) is 3.24. The maximum Gasteiger partial charge on any atom is 0.289 e. The lowest BCUT2D eigenvalue weighted by molar-refractivity contribution is -0.387. The van der Waals surface area contributed by atoms with Crippen molar-refractivity contribution in [2.45, 2.75) is 11.8 Å². The highest BCUT2D eigenvalue weighted by Crippen LogP contribution is 2.32. The van der Waals surface area contributed by atoms with E-state index in [2.05, 4.69) is 11.6 Å². The highest BCUT2D eigenvalue weighted by Gasteiger charge is 2.25. The molecule has 1 aromatic carbocycles. The predicted octanol–water partition coefficient (Wildman–Crippen LogP) is 2.43. The summed E-state index contributed by atoms with van der Waals surface area (Å²) in [4.78, 5) is 14.0. The smallest absolute Gasteiger partial charge is 0.258 e. The van der Waals surface area contributed by atoms with E-state index >= 15 is 0 Å². The average Bonchev–Trinajstić information content (AvgIpc) is 2.66. The van der Waals surface area contributed by atoms with Crippen molar-refractivity contribution < 1.29 is 13.3 Å². The van der Waals surface area contributed by atoms with Gasteiger partial charge in [0.15, 0.2) is 4.90 Å². The highest BCUT2D eigenvalue weighted by molar-refractivity contribution is 7.94. The van der Waals surface area contributed by atoms with E-state index in [4.69, 9.17) is 0 Å². The van der Waals surface area contributed by atoms with E-state index in [1.54, 1.807) is 6.92 Å². The van der Waals surface area contributed by atoms with Crippen molar-refractivity contribution in [1.82, 2.24) is 4.98 Å². The molecule has 0 spiro atoms. The van der Waals surface area contributed by atoms with E-state index in [9.17, 15) is 18.5 Å². The standard InChI is InChI=1S/C10H8N2O4S2/c1-3-18(15,16)10-4-7-9(17-6(2)11-7)5-8(10)12(13)14/h3-5H,1H2,2H3. The Bertz CT molecular complexity index is 762. The molecule has 0 fully saturated rings. The molecule has 0 aliphatic carbocycles. The van der Waals surface area contributed by atoms with Crippen molar-refractivity contribution in [3.8, 4) is 0 Å². The Morgan fingerprint density at radius 2 is 2.17 bits per heavy atom. The number of sulfone groups is 1. The van der Waals surface area contributed by atoms with E-state index < -0.39 is 20.4 Å². The molecule has 0 unspecified atom stereocenters. The van der Waals surface area contributed by atoms with Gasteiger partial charge in [0.2, 0.25) is 9.84 Å². The van der Waals surface area contributed by atoms with Crippen molar-refractivity contribution >= 4 is 37.1 Å². The van der Waals surface area contributed by atoms with Crippen molar-refractivity contribution in [1.29, 1.82) is 0 Å². The van der Waals surface area contributed by atoms with E-state index in [1.807, 2.05) is 0 Å². The van der Waals surface area contributed by atoms with Crippen LogP contribution in [0.5, 0.6) is 0 Å². The van der Waals surface area contributed by atoms with Crippen LogP contribution in [0, 0.1) is 17.0 Å². The van der Waals surface area contributed by atoms with E-state index in [1.165, 1.54) is 23.5 Å². The molecule has 0 radical (unpaired) electrons. The molecular weight excluding hydrogens is 276 g/mol. The number of nitrogens with zero attached hydrogens (tertiary/aromatic N) is 2. The largest absolute Gasteiger partial charge is 0.289 e. The van der Waals surface area contributed by atoms with Gasteiger partial charge in [0.1, 0.15) is 0 Å². The summed E-state index contributed by atoms with van der Waals surface area (Å²) in [5.41, 5.74) is -0.0189. The van der Waals surface area contributed by atoms with Gasteiger partial charge in [-0.1, -0.05) is 6.58 Å². The summed E-state index contributed by atoms with van der Waals surface area (Å²) >= 11 is 1.27. The zero-order chi connectivity index (χ0) is 13.5. The van der Waals surface area contributed by atoms with Gasteiger partial charge in [0, 0.05) is 11.5 Å². The Kier molecular flexibility index (Phi) is 2.91. The van der Waals surface area contributed by atoms with E-state index in [0.29, 0.717) is 20.6 Å². The Balaban J connectivity index is 2.89. The number of nitro benzene ring substituents is 1. The van der Waals surface area contributed by atoms with E-state index in [-0.39, 0.29) is 4.90 Å². The van der Waals surface area contributed by atoms with Gasteiger partial charge in [0.25, 0.3) is 5.69 Å². The fourth-order valence-electron chi connectivity index (χ4n) is 1.52. The summed E-state index contributed by atoms with van der Waals surface area (Å²) in [6.07, 6.45) is 0. The number of hydrogen-bond donors (Lipinski definition) is 0. The van der Waals surface area contributed by atoms with Gasteiger partial charge < -0.3 is 0 Å². The fraction of sp³-hybridized carbons (Fsp3) is 0.100. The summed E-state index contributed by atoms with van der Waals surface area (Å²) in [7, 11) is -3.87. The second-order valence-electron chi connectivity index (χ2n) is 3.49. The summed E-state index contributed by atoms with van der Waals surface area (Å²) < 4.78 is 24.0. The molecule has 0 atom stereocenters. The van der Waals surface area contributed by atoms with Gasteiger partial charge in [-0.05, 0) is 13.0 Å². The van der Waals surface area contributed by atoms with Crippen LogP contribution in [-0.2, 0) is 9.84 Å². The molecule has 0 aliphatic heterocycles. The zero-order valence-electron chi connectivity index (χ0n) is 9.28. The maximum atomic E-state index is 11.7. The summed E-state index contributed by atoms with van der Waals surface area (Å²) in [5.74, 6) is 0. The van der Waals surface area contributed by atoms with Gasteiger partial charge >= 0.3 is 0 Å². The van der Waals surface area contributed by atoms with Crippen LogP contribution < -0.4 is 0 Å². The number of aryl methyl sites for hydroxylation is 1. The summed E-state index contributed by atoms with van der Waals surface area (Å²) in [6.45, 7) is 4.91. The van der Waals surface area contributed by atoms with Crippen molar-refractivity contribution in [3.63, 3.8) is 0 Å². The predicted molar refractivity (Wildman–Crippen MR) is 68.4 cm³/mol. The van der Waals surface area contributed by atoms with Crippen LogP contribution in [0.3, 0.4) is 0 Å². The second-order valence-corrected chi connectivity index (χ2v) is 6.59. The molecule has 0 saturated heterocycles. The minimum absolute atomic E-state index is 0.375. The zero-order valence-corrected chi connectivity index (χ0v) is 10.9. The maximum absolute atomic E-state index is 11.7. The van der Waals surface area contributed by atoms with Crippen molar-refractivity contribution in [2.75, 3.05) is 0 Å². The Labute approximate surface area is 107 Å². The second kappa shape index (κ2) is 4.14. The minimum atomic E-state index is -3.87. The molecule has 8 heteroatoms. The Hall–Kier alpha value is -1.80. The van der Waals surface area contributed by atoms with Crippen molar-refractivity contribution in [3.05, 3.63) is 39.2 Å². The number of fused-ring (bicyclic) bond motifs is 1. The quantitative estimate of drug-likeness (QED) is 0.637. The van der Waals surface area contributed by atoms with Gasteiger partial charge in [-0.15, -0.1) is 11.3 Å². The number of thiazole rings is 1. The molecule has 2 aromatic rings. The van der Waals surface area contributed by atoms with Gasteiger partial charge in [0.05, 0.1) is 20.1 Å². The molecule has 1 aromatic heterocycles. The van der Waals surface area contributed by atoms with Crippen LogP contribution in [0.2, 0.25) is 0 Å². The van der Waals surface area contributed by atoms with E-state index in [0.717, 1.165) is 0 Å². The highest BCUT2D eigenvalue weighted by atomic mass is 32.2. The number of aromatic nitrogens is 1. The van der Waals surface area contributed by atoms with Gasteiger partial charge in [-0.25, -0.2) is 13.4 Å². The monoisotopic (exact) mass is 284 g/mol.